The number of rotatable bonds is 2. The molecule has 2 saturated heterocycles. The number of aromatic nitrogens is 2. The summed E-state index contributed by atoms with van der Waals surface area (Å²) in [6.45, 7) is 2.33. The molecule has 0 bridgehead atoms. The molecular weight excluding hydrogens is 346 g/mol. The van der Waals surface area contributed by atoms with E-state index in [0.29, 0.717) is 38.4 Å². The van der Waals surface area contributed by atoms with Crippen LogP contribution in [0.4, 0.5) is 5.82 Å². The maximum absolute atomic E-state index is 12.2. The van der Waals surface area contributed by atoms with Gasteiger partial charge in [0, 0.05) is 46.3 Å². The molecule has 0 radical (unpaired) electrons. The van der Waals surface area contributed by atoms with Crippen molar-refractivity contribution in [3.63, 3.8) is 0 Å². The van der Waals surface area contributed by atoms with Crippen molar-refractivity contribution in [2.75, 3.05) is 42.6 Å². The first-order valence-electron chi connectivity index (χ1n) is 8.14. The first-order valence-corrected chi connectivity index (χ1v) is 9.97. The number of hydrogen-bond donors (Lipinski definition) is 0. The highest BCUT2D eigenvalue weighted by Gasteiger charge is 2.34. The summed E-state index contributed by atoms with van der Waals surface area (Å²) in [6.07, 6.45) is 0.649. The van der Waals surface area contributed by atoms with Gasteiger partial charge in [0.15, 0.2) is 15.4 Å². The van der Waals surface area contributed by atoms with E-state index >= 15 is 0 Å². The lowest BCUT2D eigenvalue weighted by atomic mass is 10.2. The minimum absolute atomic E-state index is 0.0371. The van der Waals surface area contributed by atoms with Crippen LogP contribution in [0.25, 0.3) is 0 Å². The Hall–Kier alpha value is -2.12. The maximum Gasteiger partial charge on any atom is 0.332 e. The van der Waals surface area contributed by atoms with Gasteiger partial charge >= 0.3 is 5.69 Å². The van der Waals surface area contributed by atoms with Crippen LogP contribution in [0, 0.1) is 11.3 Å². The molecule has 3 heterocycles. The lowest BCUT2D eigenvalue weighted by Crippen LogP contribution is -2.53. The molecule has 0 amide bonds. The average Bonchev–Trinajstić information content (AvgIpc) is 2.96. The molecule has 0 saturated carbocycles. The van der Waals surface area contributed by atoms with Crippen LogP contribution in [-0.2, 0) is 23.9 Å². The average molecular weight is 367 g/mol. The summed E-state index contributed by atoms with van der Waals surface area (Å²) in [6, 6.07) is 1.96. The maximum atomic E-state index is 12.2. The molecule has 9 nitrogen and oxygen atoms in total. The van der Waals surface area contributed by atoms with E-state index in [1.807, 2.05) is 11.0 Å². The number of nitriles is 1. The van der Waals surface area contributed by atoms with Gasteiger partial charge in [-0.15, -0.1) is 0 Å². The quantitative estimate of drug-likeness (QED) is 0.611. The fraction of sp³-hybridized carbons (Fsp3) is 0.667. The molecule has 1 aromatic heterocycles. The standard InChI is InChI=1S/C15H21N5O4S/c1-17-13(12(9-16)14(21)18(2)15(17)22)20-6-4-19(5-7-20)11-3-8-25(23,24)10-11/h11H,3-8,10H2,1-2H3/t11-/m0/s1. The lowest BCUT2D eigenvalue weighted by Gasteiger charge is -2.39. The van der Waals surface area contributed by atoms with E-state index < -0.39 is 21.1 Å². The Labute approximate surface area is 145 Å². The van der Waals surface area contributed by atoms with Crippen LogP contribution < -0.4 is 16.1 Å². The fourth-order valence-electron chi connectivity index (χ4n) is 3.66. The minimum atomic E-state index is -2.93. The van der Waals surface area contributed by atoms with Gasteiger partial charge in [-0.2, -0.15) is 5.26 Å². The van der Waals surface area contributed by atoms with Gasteiger partial charge in [0.25, 0.3) is 5.56 Å². The molecule has 136 valence electrons. The molecule has 2 aliphatic heterocycles. The molecule has 0 aromatic carbocycles. The summed E-state index contributed by atoms with van der Waals surface area (Å²) in [4.78, 5) is 28.4. The Morgan fingerprint density at radius 3 is 2.24 bits per heavy atom. The summed E-state index contributed by atoms with van der Waals surface area (Å²) >= 11 is 0. The zero-order chi connectivity index (χ0) is 18.4. The Bertz CT molecular complexity index is 948. The fourth-order valence-corrected chi connectivity index (χ4v) is 5.43. The van der Waals surface area contributed by atoms with Crippen LogP contribution in [0.1, 0.15) is 12.0 Å². The number of hydrogen-bond acceptors (Lipinski definition) is 7. The zero-order valence-electron chi connectivity index (χ0n) is 14.3. The number of anilines is 1. The van der Waals surface area contributed by atoms with E-state index in [2.05, 4.69) is 4.90 Å². The van der Waals surface area contributed by atoms with Gasteiger partial charge in [0.05, 0.1) is 11.5 Å². The molecule has 2 aliphatic rings. The van der Waals surface area contributed by atoms with Crippen LogP contribution >= 0.6 is 0 Å². The van der Waals surface area contributed by atoms with E-state index in [0.717, 1.165) is 4.57 Å². The molecular formula is C15H21N5O4S. The van der Waals surface area contributed by atoms with E-state index in [1.165, 1.54) is 11.6 Å². The normalized spacial score (nSPS) is 23.6. The summed E-state index contributed by atoms with van der Waals surface area (Å²) in [5.41, 5.74) is -1.10. The SMILES string of the molecule is Cn1c(N2CCN([C@H]3CCS(=O)(=O)C3)CC2)c(C#N)c(=O)n(C)c1=O. The minimum Gasteiger partial charge on any atom is -0.354 e. The van der Waals surface area contributed by atoms with E-state index in [-0.39, 0.29) is 23.1 Å². The third-order valence-electron chi connectivity index (χ3n) is 5.08. The van der Waals surface area contributed by atoms with Crippen molar-refractivity contribution in [1.29, 1.82) is 5.26 Å². The van der Waals surface area contributed by atoms with Crippen molar-refractivity contribution in [2.45, 2.75) is 12.5 Å². The van der Waals surface area contributed by atoms with Crippen molar-refractivity contribution < 1.29 is 8.42 Å². The molecule has 1 atom stereocenters. The van der Waals surface area contributed by atoms with Crippen molar-refractivity contribution in [3.8, 4) is 6.07 Å². The van der Waals surface area contributed by atoms with Gasteiger partial charge in [0.2, 0.25) is 0 Å². The molecule has 0 aliphatic carbocycles. The monoisotopic (exact) mass is 367 g/mol. The highest BCUT2D eigenvalue weighted by Crippen LogP contribution is 2.22. The van der Waals surface area contributed by atoms with Crippen molar-refractivity contribution in [2.24, 2.45) is 14.1 Å². The summed E-state index contributed by atoms with van der Waals surface area (Å²) < 4.78 is 25.6. The second-order valence-electron chi connectivity index (χ2n) is 6.60. The van der Waals surface area contributed by atoms with Crippen LogP contribution in [0.3, 0.4) is 0 Å². The van der Waals surface area contributed by atoms with Gasteiger partial charge in [0.1, 0.15) is 11.9 Å². The Kier molecular flexibility index (Phi) is 4.47. The first kappa shape index (κ1) is 17.7. The van der Waals surface area contributed by atoms with Crippen molar-refractivity contribution in [3.05, 3.63) is 26.4 Å². The predicted molar refractivity (Wildman–Crippen MR) is 92.5 cm³/mol. The van der Waals surface area contributed by atoms with E-state index in [4.69, 9.17) is 0 Å². The molecule has 25 heavy (non-hydrogen) atoms. The number of sulfone groups is 1. The second-order valence-corrected chi connectivity index (χ2v) is 8.82. The van der Waals surface area contributed by atoms with Gasteiger partial charge in [-0.3, -0.25) is 18.8 Å². The third-order valence-corrected chi connectivity index (χ3v) is 6.83. The van der Waals surface area contributed by atoms with Gasteiger partial charge in [-0.05, 0) is 6.42 Å². The predicted octanol–water partition coefficient (Wildman–Crippen LogP) is -1.74. The number of nitrogens with zero attached hydrogens (tertiary/aromatic N) is 5. The van der Waals surface area contributed by atoms with Crippen LogP contribution in [-0.4, -0.2) is 66.2 Å². The van der Waals surface area contributed by atoms with Crippen molar-refractivity contribution in [1.82, 2.24) is 14.0 Å². The molecule has 0 N–H and O–H groups in total. The third kappa shape index (κ3) is 3.09. The van der Waals surface area contributed by atoms with Crippen LogP contribution in [0.5, 0.6) is 0 Å². The smallest absolute Gasteiger partial charge is 0.332 e. The topological polar surface area (TPSA) is 108 Å². The van der Waals surface area contributed by atoms with Gasteiger partial charge in [-0.25, -0.2) is 13.2 Å². The molecule has 10 heteroatoms. The van der Waals surface area contributed by atoms with Crippen LogP contribution in [0.15, 0.2) is 9.59 Å². The Morgan fingerprint density at radius 1 is 1.08 bits per heavy atom. The Balaban J connectivity index is 1.84. The summed E-state index contributed by atoms with van der Waals surface area (Å²) in [5.74, 6) is 0.773. The molecule has 0 spiro atoms. The molecule has 1 aromatic rings. The molecule has 0 unspecified atom stereocenters. The highest BCUT2D eigenvalue weighted by molar-refractivity contribution is 7.91. The summed E-state index contributed by atoms with van der Waals surface area (Å²) in [5, 5.41) is 9.37. The summed E-state index contributed by atoms with van der Waals surface area (Å²) in [7, 11) is -0.0273. The van der Waals surface area contributed by atoms with Gasteiger partial charge < -0.3 is 4.90 Å². The molecule has 2 fully saturated rings. The molecule has 3 rings (SSSR count). The van der Waals surface area contributed by atoms with Crippen molar-refractivity contribution >= 4 is 15.7 Å². The number of piperazine rings is 1. The lowest BCUT2D eigenvalue weighted by molar-refractivity contribution is 0.199. The van der Waals surface area contributed by atoms with Crippen LogP contribution in [0.2, 0.25) is 0 Å². The van der Waals surface area contributed by atoms with Gasteiger partial charge in [-0.1, -0.05) is 0 Å². The Morgan fingerprint density at radius 2 is 1.72 bits per heavy atom. The zero-order valence-corrected chi connectivity index (χ0v) is 15.1. The van der Waals surface area contributed by atoms with E-state index in [1.54, 1.807) is 7.05 Å². The second kappa shape index (κ2) is 6.31. The van der Waals surface area contributed by atoms with E-state index in [9.17, 15) is 23.3 Å². The first-order chi connectivity index (χ1) is 11.7. The highest BCUT2D eigenvalue weighted by atomic mass is 32.2. The largest absolute Gasteiger partial charge is 0.354 e.